The predicted octanol–water partition coefficient (Wildman–Crippen LogP) is 3.27. The molecule has 0 heterocycles. The fourth-order valence-electron chi connectivity index (χ4n) is 1.81. The van der Waals surface area contributed by atoms with E-state index in [0.29, 0.717) is 18.9 Å². The van der Waals surface area contributed by atoms with Crippen molar-refractivity contribution in [3.8, 4) is 0 Å². The second-order valence-electron chi connectivity index (χ2n) is 4.93. The van der Waals surface area contributed by atoms with Crippen molar-refractivity contribution in [2.45, 2.75) is 45.4 Å². The minimum atomic E-state index is 0.0907. The zero-order valence-electron chi connectivity index (χ0n) is 11.4. The van der Waals surface area contributed by atoms with Crippen LogP contribution in [0.2, 0.25) is 0 Å². The molecular formula is C15H24N2O. The molecule has 0 unspecified atom stereocenters. The summed E-state index contributed by atoms with van der Waals surface area (Å²) in [4.78, 5) is 11.7. The van der Waals surface area contributed by atoms with Crippen LogP contribution in [0.15, 0.2) is 24.3 Å². The largest absolute Gasteiger partial charge is 0.330 e. The normalized spacial score (nSPS) is 10.7. The summed E-state index contributed by atoms with van der Waals surface area (Å²) in [5.74, 6) is 0.569. The molecular weight excluding hydrogens is 224 g/mol. The van der Waals surface area contributed by atoms with Crippen molar-refractivity contribution in [3.63, 3.8) is 0 Å². The molecule has 1 amide bonds. The average molecular weight is 248 g/mol. The summed E-state index contributed by atoms with van der Waals surface area (Å²) < 4.78 is 0. The first-order valence-electron chi connectivity index (χ1n) is 6.73. The lowest BCUT2D eigenvalue weighted by atomic mass is 10.0. The second kappa shape index (κ2) is 7.88. The van der Waals surface area contributed by atoms with E-state index in [1.165, 1.54) is 5.56 Å². The van der Waals surface area contributed by atoms with Crippen molar-refractivity contribution >= 4 is 11.6 Å². The first kappa shape index (κ1) is 14.7. The molecule has 0 aliphatic heterocycles. The lowest BCUT2D eigenvalue weighted by Gasteiger charge is -2.09. The van der Waals surface area contributed by atoms with Crippen molar-refractivity contribution in [1.29, 1.82) is 0 Å². The number of hydrogen-bond acceptors (Lipinski definition) is 2. The Bertz CT molecular complexity index is 375. The maximum absolute atomic E-state index is 11.7. The first-order valence-corrected chi connectivity index (χ1v) is 6.73. The highest BCUT2D eigenvalue weighted by Crippen LogP contribution is 2.18. The highest BCUT2D eigenvalue weighted by Gasteiger charge is 2.04. The Labute approximate surface area is 110 Å². The van der Waals surface area contributed by atoms with Gasteiger partial charge in [-0.25, -0.2) is 0 Å². The summed E-state index contributed by atoms with van der Waals surface area (Å²) in [7, 11) is 0. The lowest BCUT2D eigenvalue weighted by Crippen LogP contribution is -2.11. The van der Waals surface area contributed by atoms with E-state index >= 15 is 0 Å². The van der Waals surface area contributed by atoms with Gasteiger partial charge in [0.15, 0.2) is 0 Å². The summed E-state index contributed by atoms with van der Waals surface area (Å²) in [6.45, 7) is 5.00. The van der Waals surface area contributed by atoms with Crippen LogP contribution in [0.4, 0.5) is 5.69 Å². The number of carbonyl (C=O) groups excluding carboxylic acids is 1. The molecule has 18 heavy (non-hydrogen) atoms. The fraction of sp³-hybridized carbons (Fsp3) is 0.533. The van der Waals surface area contributed by atoms with Gasteiger partial charge in [-0.1, -0.05) is 32.4 Å². The van der Waals surface area contributed by atoms with Crippen LogP contribution in [-0.4, -0.2) is 12.5 Å². The molecule has 0 aromatic heterocycles. The number of hydrogen-bond donors (Lipinski definition) is 2. The van der Waals surface area contributed by atoms with Gasteiger partial charge < -0.3 is 11.1 Å². The highest BCUT2D eigenvalue weighted by molar-refractivity contribution is 5.90. The van der Waals surface area contributed by atoms with E-state index in [4.69, 9.17) is 5.73 Å². The van der Waals surface area contributed by atoms with Gasteiger partial charge in [0.2, 0.25) is 5.91 Å². The summed E-state index contributed by atoms with van der Waals surface area (Å²) in [5, 5.41) is 2.94. The van der Waals surface area contributed by atoms with Gasteiger partial charge in [-0.2, -0.15) is 0 Å². The molecule has 0 spiro atoms. The van der Waals surface area contributed by atoms with Gasteiger partial charge in [0.05, 0.1) is 0 Å². The average Bonchev–Trinajstić information content (AvgIpc) is 2.35. The van der Waals surface area contributed by atoms with Gasteiger partial charge >= 0.3 is 0 Å². The van der Waals surface area contributed by atoms with Gasteiger partial charge in [-0.05, 0) is 43.0 Å². The molecule has 3 nitrogen and oxygen atoms in total. The lowest BCUT2D eigenvalue weighted by molar-refractivity contribution is -0.116. The first-order chi connectivity index (χ1) is 8.63. The monoisotopic (exact) mass is 248 g/mol. The molecule has 100 valence electrons. The fourth-order valence-corrected chi connectivity index (χ4v) is 1.81. The Hall–Kier alpha value is -1.35. The topological polar surface area (TPSA) is 55.1 Å². The number of amides is 1. The van der Waals surface area contributed by atoms with Crippen molar-refractivity contribution in [3.05, 3.63) is 29.8 Å². The molecule has 1 aromatic carbocycles. The van der Waals surface area contributed by atoms with Gasteiger partial charge in [0, 0.05) is 12.1 Å². The van der Waals surface area contributed by atoms with E-state index in [0.717, 1.165) is 24.9 Å². The van der Waals surface area contributed by atoms with E-state index in [1.54, 1.807) is 0 Å². The van der Waals surface area contributed by atoms with E-state index in [-0.39, 0.29) is 5.91 Å². The molecule has 0 saturated heterocycles. The molecule has 0 radical (unpaired) electrons. The van der Waals surface area contributed by atoms with Crippen molar-refractivity contribution in [1.82, 2.24) is 0 Å². The van der Waals surface area contributed by atoms with E-state index in [1.807, 2.05) is 18.2 Å². The number of nitrogens with two attached hydrogens (primary N) is 1. The molecule has 3 N–H and O–H groups in total. The van der Waals surface area contributed by atoms with Crippen LogP contribution in [0.3, 0.4) is 0 Å². The maximum atomic E-state index is 11.7. The molecule has 0 saturated carbocycles. The Morgan fingerprint density at radius 1 is 1.28 bits per heavy atom. The molecule has 0 bridgehead atoms. The number of nitrogens with one attached hydrogen (secondary N) is 1. The van der Waals surface area contributed by atoms with Gasteiger partial charge in [-0.15, -0.1) is 0 Å². The minimum Gasteiger partial charge on any atom is -0.330 e. The van der Waals surface area contributed by atoms with Crippen LogP contribution in [0, 0.1) is 0 Å². The molecule has 0 fully saturated rings. The van der Waals surface area contributed by atoms with Crippen LogP contribution in [0.5, 0.6) is 0 Å². The zero-order chi connectivity index (χ0) is 13.4. The second-order valence-corrected chi connectivity index (χ2v) is 4.93. The quantitative estimate of drug-likeness (QED) is 0.728. The number of carbonyl (C=O) groups is 1. The molecule has 0 aliphatic rings. The summed E-state index contributed by atoms with van der Waals surface area (Å²) in [5.41, 5.74) is 7.55. The summed E-state index contributed by atoms with van der Waals surface area (Å²) in [6.07, 6.45) is 3.50. The number of rotatable bonds is 7. The highest BCUT2D eigenvalue weighted by atomic mass is 16.1. The zero-order valence-corrected chi connectivity index (χ0v) is 11.4. The molecule has 0 aliphatic carbocycles. The molecule has 3 heteroatoms. The number of unbranched alkanes of at least 4 members (excludes halogenated alkanes) is 2. The molecule has 1 rings (SSSR count). The summed E-state index contributed by atoms with van der Waals surface area (Å²) >= 11 is 0. The standard InChI is InChI=1S/C15H24N2O/c1-12(2)13-7-6-8-14(11-13)17-15(18)9-4-3-5-10-16/h6-8,11-12H,3-5,9-10,16H2,1-2H3,(H,17,18). The van der Waals surface area contributed by atoms with Crippen LogP contribution in [0.1, 0.15) is 51.0 Å². The van der Waals surface area contributed by atoms with E-state index in [9.17, 15) is 4.79 Å². The SMILES string of the molecule is CC(C)c1cccc(NC(=O)CCCCCN)c1. The van der Waals surface area contributed by atoms with Crippen LogP contribution in [-0.2, 0) is 4.79 Å². The Morgan fingerprint density at radius 3 is 2.72 bits per heavy atom. The number of anilines is 1. The maximum Gasteiger partial charge on any atom is 0.224 e. The third-order valence-corrected chi connectivity index (χ3v) is 2.95. The van der Waals surface area contributed by atoms with Crippen molar-refractivity contribution in [2.75, 3.05) is 11.9 Å². The van der Waals surface area contributed by atoms with E-state index < -0.39 is 0 Å². The van der Waals surface area contributed by atoms with E-state index in [2.05, 4.69) is 25.2 Å². The van der Waals surface area contributed by atoms with Gasteiger partial charge in [0.1, 0.15) is 0 Å². The van der Waals surface area contributed by atoms with Crippen molar-refractivity contribution < 1.29 is 4.79 Å². The van der Waals surface area contributed by atoms with Crippen LogP contribution >= 0.6 is 0 Å². The van der Waals surface area contributed by atoms with Gasteiger partial charge in [0.25, 0.3) is 0 Å². The predicted molar refractivity (Wildman–Crippen MR) is 76.7 cm³/mol. The minimum absolute atomic E-state index is 0.0907. The number of benzene rings is 1. The smallest absolute Gasteiger partial charge is 0.224 e. The van der Waals surface area contributed by atoms with Crippen molar-refractivity contribution in [2.24, 2.45) is 5.73 Å². The third-order valence-electron chi connectivity index (χ3n) is 2.95. The Kier molecular flexibility index (Phi) is 6.44. The Morgan fingerprint density at radius 2 is 2.06 bits per heavy atom. The van der Waals surface area contributed by atoms with Gasteiger partial charge in [-0.3, -0.25) is 4.79 Å². The molecule has 0 atom stereocenters. The third kappa shape index (κ3) is 5.32. The Balaban J connectivity index is 2.41. The van der Waals surface area contributed by atoms with Crippen LogP contribution in [0.25, 0.3) is 0 Å². The summed E-state index contributed by atoms with van der Waals surface area (Å²) in [6, 6.07) is 8.05. The molecule has 1 aromatic rings. The van der Waals surface area contributed by atoms with Crippen LogP contribution < -0.4 is 11.1 Å².